The molecule has 0 amide bonds. The van der Waals surface area contributed by atoms with E-state index >= 15 is 0 Å². The van der Waals surface area contributed by atoms with Crippen LogP contribution in [-0.4, -0.2) is 19.2 Å². The number of nitrogens with zero attached hydrogens (tertiary/aromatic N) is 1. The Labute approximate surface area is 154 Å². The molecule has 0 saturated carbocycles. The highest BCUT2D eigenvalue weighted by Crippen LogP contribution is 2.34. The SMILES string of the molecule is COc1ccc(SCc2csc(-c3ccc(Cl)cc3)n2)cc1OC. The number of halogens is 1. The summed E-state index contributed by atoms with van der Waals surface area (Å²) in [6.45, 7) is 0. The third-order valence-corrected chi connectivity index (χ3v) is 5.60. The second-order valence-electron chi connectivity index (χ2n) is 4.96. The fourth-order valence-corrected chi connectivity index (χ4v) is 4.04. The molecule has 0 bridgehead atoms. The summed E-state index contributed by atoms with van der Waals surface area (Å²) in [5.41, 5.74) is 2.15. The van der Waals surface area contributed by atoms with Crippen molar-refractivity contribution >= 4 is 34.7 Å². The smallest absolute Gasteiger partial charge is 0.161 e. The number of methoxy groups -OCH3 is 2. The van der Waals surface area contributed by atoms with E-state index < -0.39 is 0 Å². The molecule has 0 aliphatic rings. The van der Waals surface area contributed by atoms with Crippen LogP contribution in [-0.2, 0) is 5.75 Å². The van der Waals surface area contributed by atoms with E-state index in [4.69, 9.17) is 26.1 Å². The van der Waals surface area contributed by atoms with E-state index in [1.54, 1.807) is 37.3 Å². The van der Waals surface area contributed by atoms with E-state index in [2.05, 4.69) is 5.38 Å². The molecule has 1 heterocycles. The maximum absolute atomic E-state index is 5.93. The number of rotatable bonds is 6. The molecule has 0 unspecified atom stereocenters. The van der Waals surface area contributed by atoms with E-state index in [1.165, 1.54) is 0 Å². The standard InChI is InChI=1S/C18H16ClNO2S2/c1-21-16-8-7-15(9-17(16)22-2)23-10-14-11-24-18(20-14)12-3-5-13(19)6-4-12/h3-9,11H,10H2,1-2H3. The van der Waals surface area contributed by atoms with Crippen LogP contribution >= 0.6 is 34.7 Å². The summed E-state index contributed by atoms with van der Waals surface area (Å²) in [5, 5.41) is 3.84. The van der Waals surface area contributed by atoms with Crippen molar-refractivity contribution in [3.8, 4) is 22.1 Å². The number of hydrogen-bond donors (Lipinski definition) is 0. The summed E-state index contributed by atoms with van der Waals surface area (Å²) in [7, 11) is 3.28. The van der Waals surface area contributed by atoms with Crippen LogP contribution in [0.25, 0.3) is 10.6 Å². The van der Waals surface area contributed by atoms with E-state index in [-0.39, 0.29) is 0 Å². The molecule has 2 aromatic carbocycles. The van der Waals surface area contributed by atoms with Gasteiger partial charge in [0.2, 0.25) is 0 Å². The van der Waals surface area contributed by atoms with Crippen LogP contribution in [0.2, 0.25) is 5.02 Å². The molecule has 24 heavy (non-hydrogen) atoms. The van der Waals surface area contributed by atoms with Gasteiger partial charge in [-0.1, -0.05) is 23.7 Å². The predicted molar refractivity (Wildman–Crippen MR) is 102 cm³/mol. The van der Waals surface area contributed by atoms with Crippen molar-refractivity contribution in [2.75, 3.05) is 14.2 Å². The number of ether oxygens (including phenoxy) is 2. The summed E-state index contributed by atoms with van der Waals surface area (Å²) in [6, 6.07) is 13.7. The molecule has 6 heteroatoms. The van der Waals surface area contributed by atoms with Crippen LogP contribution in [0, 0.1) is 0 Å². The van der Waals surface area contributed by atoms with E-state index in [1.807, 2.05) is 42.5 Å². The second-order valence-corrected chi connectivity index (χ2v) is 7.30. The molecule has 1 aromatic heterocycles. The molecule has 0 spiro atoms. The average Bonchev–Trinajstić information content (AvgIpc) is 3.09. The van der Waals surface area contributed by atoms with Crippen LogP contribution in [0.3, 0.4) is 0 Å². The largest absolute Gasteiger partial charge is 0.493 e. The fraction of sp³-hybridized carbons (Fsp3) is 0.167. The molecule has 0 saturated heterocycles. The van der Waals surface area contributed by atoms with Gasteiger partial charge in [0, 0.05) is 26.6 Å². The zero-order chi connectivity index (χ0) is 16.9. The van der Waals surface area contributed by atoms with Crippen molar-refractivity contribution in [1.29, 1.82) is 0 Å². The summed E-state index contributed by atoms with van der Waals surface area (Å²) in [4.78, 5) is 5.82. The number of thioether (sulfide) groups is 1. The van der Waals surface area contributed by atoms with Crippen LogP contribution in [0.4, 0.5) is 0 Å². The molecule has 124 valence electrons. The van der Waals surface area contributed by atoms with Crippen molar-refractivity contribution in [3.05, 3.63) is 58.6 Å². The van der Waals surface area contributed by atoms with Crippen molar-refractivity contribution in [2.24, 2.45) is 0 Å². The molecule has 0 N–H and O–H groups in total. The monoisotopic (exact) mass is 377 g/mol. The highest BCUT2D eigenvalue weighted by molar-refractivity contribution is 7.98. The van der Waals surface area contributed by atoms with E-state index in [9.17, 15) is 0 Å². The summed E-state index contributed by atoms with van der Waals surface area (Å²) in [5.74, 6) is 2.28. The first-order valence-electron chi connectivity index (χ1n) is 7.25. The van der Waals surface area contributed by atoms with Gasteiger partial charge in [-0.05, 0) is 30.3 Å². The van der Waals surface area contributed by atoms with E-state index in [0.717, 1.165) is 43.4 Å². The third kappa shape index (κ3) is 4.04. The van der Waals surface area contributed by atoms with Crippen molar-refractivity contribution in [1.82, 2.24) is 4.98 Å². The van der Waals surface area contributed by atoms with Crippen LogP contribution < -0.4 is 9.47 Å². The maximum Gasteiger partial charge on any atom is 0.161 e. The minimum atomic E-state index is 0.736. The Balaban J connectivity index is 1.68. The van der Waals surface area contributed by atoms with Crippen molar-refractivity contribution < 1.29 is 9.47 Å². The lowest BCUT2D eigenvalue weighted by Crippen LogP contribution is -1.90. The predicted octanol–water partition coefficient (Wildman–Crippen LogP) is 5.77. The molecule has 0 aliphatic carbocycles. The Morgan fingerprint density at radius 3 is 2.50 bits per heavy atom. The quantitative estimate of drug-likeness (QED) is 0.510. The molecule has 3 rings (SSSR count). The van der Waals surface area contributed by atoms with Gasteiger partial charge in [-0.3, -0.25) is 0 Å². The minimum absolute atomic E-state index is 0.736. The molecule has 3 nitrogen and oxygen atoms in total. The first-order valence-corrected chi connectivity index (χ1v) is 9.49. The number of thiazole rings is 1. The van der Waals surface area contributed by atoms with Gasteiger partial charge < -0.3 is 9.47 Å². The van der Waals surface area contributed by atoms with Gasteiger partial charge >= 0.3 is 0 Å². The maximum atomic E-state index is 5.93. The number of benzene rings is 2. The van der Waals surface area contributed by atoms with Gasteiger partial charge in [0.25, 0.3) is 0 Å². The Kier molecular flexibility index (Phi) is 5.66. The zero-order valence-corrected chi connectivity index (χ0v) is 15.7. The fourth-order valence-electron chi connectivity index (χ4n) is 2.16. The minimum Gasteiger partial charge on any atom is -0.493 e. The Morgan fingerprint density at radius 2 is 1.79 bits per heavy atom. The van der Waals surface area contributed by atoms with Gasteiger partial charge in [-0.15, -0.1) is 23.1 Å². The van der Waals surface area contributed by atoms with Crippen molar-refractivity contribution in [3.63, 3.8) is 0 Å². The van der Waals surface area contributed by atoms with Gasteiger partial charge in [-0.2, -0.15) is 0 Å². The summed E-state index contributed by atoms with van der Waals surface area (Å²) >= 11 is 9.29. The molecule has 0 radical (unpaired) electrons. The second kappa shape index (κ2) is 7.92. The summed E-state index contributed by atoms with van der Waals surface area (Å²) in [6.07, 6.45) is 0. The molecule has 3 aromatic rings. The lowest BCUT2D eigenvalue weighted by atomic mass is 10.2. The molecule has 0 atom stereocenters. The average molecular weight is 378 g/mol. The first kappa shape index (κ1) is 17.1. The van der Waals surface area contributed by atoms with Crippen LogP contribution in [0.1, 0.15) is 5.69 Å². The number of hydrogen-bond acceptors (Lipinski definition) is 5. The summed E-state index contributed by atoms with van der Waals surface area (Å²) < 4.78 is 10.6. The van der Waals surface area contributed by atoms with Crippen molar-refractivity contribution in [2.45, 2.75) is 10.6 Å². The molecular formula is C18H16ClNO2S2. The van der Waals surface area contributed by atoms with E-state index in [0.29, 0.717) is 0 Å². The normalized spacial score (nSPS) is 10.6. The third-order valence-electron chi connectivity index (χ3n) is 3.38. The first-order chi connectivity index (χ1) is 11.7. The molecular weight excluding hydrogens is 362 g/mol. The Morgan fingerprint density at radius 1 is 1.04 bits per heavy atom. The lowest BCUT2D eigenvalue weighted by Gasteiger charge is -2.08. The van der Waals surface area contributed by atoms with Gasteiger partial charge in [0.15, 0.2) is 11.5 Å². The highest BCUT2D eigenvalue weighted by Gasteiger charge is 2.08. The topological polar surface area (TPSA) is 31.4 Å². The van der Waals surface area contributed by atoms with Gasteiger partial charge in [-0.25, -0.2) is 4.98 Å². The van der Waals surface area contributed by atoms with Gasteiger partial charge in [0.1, 0.15) is 5.01 Å². The van der Waals surface area contributed by atoms with Crippen LogP contribution in [0.5, 0.6) is 11.5 Å². The number of aromatic nitrogens is 1. The Bertz CT molecular complexity index is 818. The zero-order valence-electron chi connectivity index (χ0n) is 13.3. The van der Waals surface area contributed by atoms with Gasteiger partial charge in [0.05, 0.1) is 19.9 Å². The molecule has 0 aliphatic heterocycles. The highest BCUT2D eigenvalue weighted by atomic mass is 35.5. The molecule has 0 fully saturated rings. The lowest BCUT2D eigenvalue weighted by molar-refractivity contribution is 0.354. The Hall–Kier alpha value is -1.69. The van der Waals surface area contributed by atoms with Crippen LogP contribution in [0.15, 0.2) is 52.7 Å².